The molecule has 15 heavy (non-hydrogen) atoms. The minimum absolute atomic E-state index is 0.940. The summed E-state index contributed by atoms with van der Waals surface area (Å²) in [6, 6.07) is 6.48. The zero-order valence-electron chi connectivity index (χ0n) is 10.1. The molecule has 0 unspecified atom stereocenters. The highest BCUT2D eigenvalue weighted by Gasteiger charge is 1.99. The Balaban J connectivity index is 2.47. The van der Waals surface area contributed by atoms with E-state index in [9.17, 15) is 0 Å². The minimum atomic E-state index is 0.940. The first-order chi connectivity index (χ1) is 7.27. The van der Waals surface area contributed by atoms with Gasteiger partial charge in [-0.25, -0.2) is 0 Å². The molecule has 0 radical (unpaired) electrons. The number of benzene rings is 1. The summed E-state index contributed by atoms with van der Waals surface area (Å²) in [7, 11) is 0. The summed E-state index contributed by atoms with van der Waals surface area (Å²) in [5.74, 6) is 0. The second-order valence-electron chi connectivity index (χ2n) is 4.20. The molecule has 0 heterocycles. The van der Waals surface area contributed by atoms with Crippen LogP contribution in [0.25, 0.3) is 0 Å². The highest BCUT2D eigenvalue weighted by Crippen LogP contribution is 2.16. The third kappa shape index (κ3) is 3.94. The normalized spacial score (nSPS) is 10.5. The predicted octanol–water partition coefficient (Wildman–Crippen LogP) is 3.95. The Morgan fingerprint density at radius 2 is 1.87 bits per heavy atom. The van der Waals surface area contributed by atoms with E-state index < -0.39 is 0 Å². The minimum Gasteiger partial charge on any atom is -0.399 e. The monoisotopic (exact) mass is 205 g/mol. The van der Waals surface area contributed by atoms with Gasteiger partial charge in [-0.15, -0.1) is 0 Å². The highest BCUT2D eigenvalue weighted by molar-refractivity contribution is 5.48. The average Bonchev–Trinajstić information content (AvgIpc) is 2.26. The molecule has 2 N–H and O–H groups in total. The summed E-state index contributed by atoms with van der Waals surface area (Å²) in [4.78, 5) is 0. The van der Waals surface area contributed by atoms with Gasteiger partial charge in [-0.3, -0.25) is 0 Å². The first-order valence-corrected chi connectivity index (χ1v) is 6.15. The van der Waals surface area contributed by atoms with E-state index in [1.54, 1.807) is 0 Å². The SMILES string of the molecule is CCCCCCc1ccc(N)c(CC)c1. The van der Waals surface area contributed by atoms with E-state index in [-0.39, 0.29) is 0 Å². The largest absolute Gasteiger partial charge is 0.399 e. The van der Waals surface area contributed by atoms with E-state index in [4.69, 9.17) is 5.73 Å². The van der Waals surface area contributed by atoms with Crippen LogP contribution in [0.4, 0.5) is 5.69 Å². The van der Waals surface area contributed by atoms with Crippen LogP contribution in [0.3, 0.4) is 0 Å². The van der Waals surface area contributed by atoms with E-state index in [1.165, 1.54) is 43.2 Å². The van der Waals surface area contributed by atoms with E-state index in [2.05, 4.69) is 26.0 Å². The lowest BCUT2D eigenvalue weighted by Crippen LogP contribution is -1.95. The van der Waals surface area contributed by atoms with Crippen molar-refractivity contribution in [2.75, 3.05) is 5.73 Å². The molecule has 1 aromatic carbocycles. The maximum Gasteiger partial charge on any atom is 0.0346 e. The Morgan fingerprint density at radius 3 is 2.53 bits per heavy atom. The van der Waals surface area contributed by atoms with Gasteiger partial charge in [0.2, 0.25) is 0 Å². The topological polar surface area (TPSA) is 26.0 Å². The lowest BCUT2D eigenvalue weighted by Gasteiger charge is -2.06. The molecule has 0 atom stereocenters. The molecule has 0 aliphatic heterocycles. The van der Waals surface area contributed by atoms with Gasteiger partial charge in [-0.1, -0.05) is 45.2 Å². The van der Waals surface area contributed by atoms with Gasteiger partial charge >= 0.3 is 0 Å². The Labute approximate surface area is 93.7 Å². The third-order valence-corrected chi connectivity index (χ3v) is 2.91. The van der Waals surface area contributed by atoms with Gasteiger partial charge in [0.05, 0.1) is 0 Å². The van der Waals surface area contributed by atoms with Gasteiger partial charge in [0.1, 0.15) is 0 Å². The molecule has 0 amide bonds. The fourth-order valence-electron chi connectivity index (χ4n) is 1.88. The Morgan fingerprint density at radius 1 is 1.07 bits per heavy atom. The van der Waals surface area contributed by atoms with Crippen molar-refractivity contribution in [3.05, 3.63) is 29.3 Å². The number of hydrogen-bond acceptors (Lipinski definition) is 1. The lowest BCUT2D eigenvalue weighted by molar-refractivity contribution is 0.666. The van der Waals surface area contributed by atoms with Crippen molar-refractivity contribution in [2.45, 2.75) is 52.4 Å². The Bertz CT molecular complexity index is 291. The van der Waals surface area contributed by atoms with Crippen LogP contribution in [0.5, 0.6) is 0 Å². The molecule has 0 aliphatic rings. The second kappa shape index (κ2) is 6.49. The summed E-state index contributed by atoms with van der Waals surface area (Å²) in [6.07, 6.45) is 7.56. The van der Waals surface area contributed by atoms with Crippen molar-refractivity contribution in [3.8, 4) is 0 Å². The number of aryl methyl sites for hydroxylation is 2. The number of anilines is 1. The third-order valence-electron chi connectivity index (χ3n) is 2.91. The maximum atomic E-state index is 5.88. The van der Waals surface area contributed by atoms with Crippen molar-refractivity contribution in [1.82, 2.24) is 0 Å². The summed E-state index contributed by atoms with van der Waals surface area (Å²) < 4.78 is 0. The maximum absolute atomic E-state index is 5.88. The Hall–Kier alpha value is -0.980. The molecule has 1 aromatic rings. The van der Waals surface area contributed by atoms with Gasteiger partial charge in [0, 0.05) is 5.69 Å². The molecule has 1 heteroatoms. The smallest absolute Gasteiger partial charge is 0.0346 e. The quantitative estimate of drug-likeness (QED) is 0.552. The summed E-state index contributed by atoms with van der Waals surface area (Å²) >= 11 is 0. The summed E-state index contributed by atoms with van der Waals surface area (Å²) in [6.45, 7) is 4.41. The van der Waals surface area contributed by atoms with E-state index in [0.29, 0.717) is 0 Å². The zero-order valence-corrected chi connectivity index (χ0v) is 10.1. The molecule has 0 aromatic heterocycles. The number of nitrogen functional groups attached to an aromatic ring is 1. The molecule has 0 bridgehead atoms. The molecule has 0 saturated heterocycles. The first-order valence-electron chi connectivity index (χ1n) is 6.15. The molecule has 84 valence electrons. The van der Waals surface area contributed by atoms with E-state index in [1.807, 2.05) is 6.07 Å². The predicted molar refractivity (Wildman–Crippen MR) is 68.1 cm³/mol. The van der Waals surface area contributed by atoms with Gasteiger partial charge in [0.15, 0.2) is 0 Å². The van der Waals surface area contributed by atoms with Crippen LogP contribution in [-0.4, -0.2) is 0 Å². The van der Waals surface area contributed by atoms with Crippen molar-refractivity contribution < 1.29 is 0 Å². The summed E-state index contributed by atoms with van der Waals surface area (Å²) in [5.41, 5.74) is 9.55. The molecule has 0 saturated carbocycles. The Kier molecular flexibility index (Phi) is 5.23. The van der Waals surface area contributed by atoms with Gasteiger partial charge in [-0.05, 0) is 36.5 Å². The molecule has 1 nitrogen and oxygen atoms in total. The van der Waals surface area contributed by atoms with E-state index >= 15 is 0 Å². The zero-order chi connectivity index (χ0) is 11.1. The molecule has 0 spiro atoms. The van der Waals surface area contributed by atoms with Gasteiger partial charge in [0.25, 0.3) is 0 Å². The van der Waals surface area contributed by atoms with E-state index in [0.717, 1.165) is 12.1 Å². The number of rotatable bonds is 6. The van der Waals surface area contributed by atoms with Crippen LogP contribution in [0, 0.1) is 0 Å². The molecular weight excluding hydrogens is 182 g/mol. The summed E-state index contributed by atoms with van der Waals surface area (Å²) in [5, 5.41) is 0. The number of unbranched alkanes of at least 4 members (excludes halogenated alkanes) is 3. The van der Waals surface area contributed by atoms with Crippen LogP contribution < -0.4 is 5.73 Å². The highest BCUT2D eigenvalue weighted by atomic mass is 14.6. The standard InChI is InChI=1S/C14H23N/c1-3-5-6-7-8-12-9-10-14(15)13(4-2)11-12/h9-11H,3-8,15H2,1-2H3. The van der Waals surface area contributed by atoms with Crippen molar-refractivity contribution in [3.63, 3.8) is 0 Å². The van der Waals surface area contributed by atoms with Crippen LogP contribution in [0.15, 0.2) is 18.2 Å². The molecule has 1 rings (SSSR count). The van der Waals surface area contributed by atoms with Crippen molar-refractivity contribution in [2.24, 2.45) is 0 Å². The average molecular weight is 205 g/mol. The van der Waals surface area contributed by atoms with Crippen molar-refractivity contribution >= 4 is 5.69 Å². The number of nitrogens with two attached hydrogens (primary N) is 1. The molecule has 0 fully saturated rings. The lowest BCUT2D eigenvalue weighted by atomic mass is 10.0. The van der Waals surface area contributed by atoms with Crippen LogP contribution in [-0.2, 0) is 12.8 Å². The van der Waals surface area contributed by atoms with Gasteiger partial charge < -0.3 is 5.73 Å². The molecular formula is C14H23N. The van der Waals surface area contributed by atoms with Crippen LogP contribution in [0.1, 0.15) is 50.7 Å². The fraction of sp³-hybridized carbons (Fsp3) is 0.571. The molecule has 0 aliphatic carbocycles. The van der Waals surface area contributed by atoms with Crippen LogP contribution in [0.2, 0.25) is 0 Å². The fourth-order valence-corrected chi connectivity index (χ4v) is 1.88. The second-order valence-corrected chi connectivity index (χ2v) is 4.20. The number of hydrogen-bond donors (Lipinski definition) is 1. The van der Waals surface area contributed by atoms with Gasteiger partial charge in [-0.2, -0.15) is 0 Å². The van der Waals surface area contributed by atoms with Crippen molar-refractivity contribution in [1.29, 1.82) is 0 Å². The first kappa shape index (κ1) is 12.1. The van der Waals surface area contributed by atoms with Crippen LogP contribution >= 0.6 is 0 Å².